The fourth-order valence-corrected chi connectivity index (χ4v) is 3.50. The van der Waals surface area contributed by atoms with Gasteiger partial charge < -0.3 is 9.64 Å². The number of hydrogen-bond acceptors (Lipinski definition) is 6. The van der Waals surface area contributed by atoms with Gasteiger partial charge in [0.25, 0.3) is 0 Å². The average Bonchev–Trinajstić information content (AvgIpc) is 3.21. The molecule has 1 unspecified atom stereocenters. The molecule has 0 aromatic carbocycles. The predicted molar refractivity (Wildman–Crippen MR) is 91.5 cm³/mol. The van der Waals surface area contributed by atoms with Crippen LogP contribution in [0.3, 0.4) is 0 Å². The maximum absolute atomic E-state index is 6.11. The van der Waals surface area contributed by atoms with Crippen molar-refractivity contribution in [1.29, 1.82) is 0 Å². The van der Waals surface area contributed by atoms with Crippen LogP contribution in [0.25, 0.3) is 5.65 Å². The third-order valence-electron chi connectivity index (χ3n) is 5.13. The minimum absolute atomic E-state index is 0.393. The van der Waals surface area contributed by atoms with E-state index >= 15 is 0 Å². The molecule has 1 aliphatic heterocycles. The van der Waals surface area contributed by atoms with Gasteiger partial charge >= 0.3 is 0 Å². The Morgan fingerprint density at radius 1 is 1.24 bits per heavy atom. The summed E-state index contributed by atoms with van der Waals surface area (Å²) >= 11 is 0. The van der Waals surface area contributed by atoms with Gasteiger partial charge in [-0.25, -0.2) is 0 Å². The van der Waals surface area contributed by atoms with Crippen molar-refractivity contribution in [2.24, 2.45) is 7.05 Å². The fourth-order valence-electron chi connectivity index (χ4n) is 3.50. The zero-order valence-corrected chi connectivity index (χ0v) is 14.5. The molecular weight excluding hydrogens is 318 g/mol. The first kappa shape index (κ1) is 14.8. The van der Waals surface area contributed by atoms with Gasteiger partial charge in [-0.15, -0.1) is 15.3 Å². The maximum atomic E-state index is 6.11. The van der Waals surface area contributed by atoms with Gasteiger partial charge in [-0.1, -0.05) is 0 Å². The lowest BCUT2D eigenvalue weighted by Crippen LogP contribution is -2.48. The number of nitrogens with zero attached hydrogens (tertiary/aromatic N) is 7. The molecule has 1 saturated heterocycles. The highest BCUT2D eigenvalue weighted by molar-refractivity contribution is 5.47. The summed E-state index contributed by atoms with van der Waals surface area (Å²) in [5.74, 6) is 2.44. The van der Waals surface area contributed by atoms with E-state index in [2.05, 4.69) is 27.1 Å². The van der Waals surface area contributed by atoms with Crippen molar-refractivity contribution < 1.29 is 4.74 Å². The van der Waals surface area contributed by atoms with E-state index in [9.17, 15) is 0 Å². The molecule has 3 aromatic heterocycles. The lowest BCUT2D eigenvalue weighted by Gasteiger charge is -2.40. The zero-order valence-electron chi connectivity index (χ0n) is 14.5. The molecule has 3 aromatic rings. The Morgan fingerprint density at radius 3 is 2.88 bits per heavy atom. The number of fused-ring (bicyclic) bond motifs is 1. The Kier molecular flexibility index (Phi) is 3.12. The molecule has 130 valence electrons. The van der Waals surface area contributed by atoms with Crippen molar-refractivity contribution in [3.8, 4) is 0 Å². The van der Waals surface area contributed by atoms with Crippen LogP contribution in [0.15, 0.2) is 24.5 Å². The highest BCUT2D eigenvalue weighted by Gasteiger charge is 2.36. The minimum Gasteiger partial charge on any atom is -0.367 e. The molecule has 0 N–H and O–H groups in total. The van der Waals surface area contributed by atoms with Gasteiger partial charge in [0.1, 0.15) is 11.4 Å². The molecular formula is C17H21N7O. The molecule has 1 aliphatic carbocycles. The molecule has 0 bridgehead atoms. The van der Waals surface area contributed by atoms with Crippen LogP contribution in [0.5, 0.6) is 0 Å². The molecule has 1 saturated carbocycles. The number of ether oxygens (including phenoxy) is 1. The molecule has 4 heterocycles. The normalized spacial score (nSPS) is 24.2. The van der Waals surface area contributed by atoms with Crippen LogP contribution < -0.4 is 4.90 Å². The largest absolute Gasteiger partial charge is 0.367 e. The lowest BCUT2D eigenvalue weighted by molar-refractivity contribution is -0.0468. The Bertz CT molecular complexity index is 928. The highest BCUT2D eigenvalue weighted by atomic mass is 16.5. The van der Waals surface area contributed by atoms with Crippen LogP contribution in [0.1, 0.15) is 37.1 Å². The van der Waals surface area contributed by atoms with Crippen LogP contribution >= 0.6 is 0 Å². The lowest BCUT2D eigenvalue weighted by atomic mass is 9.97. The first-order chi connectivity index (χ1) is 12.1. The average molecular weight is 339 g/mol. The summed E-state index contributed by atoms with van der Waals surface area (Å²) in [5.41, 5.74) is 1.51. The van der Waals surface area contributed by atoms with Gasteiger partial charge in [0.05, 0.1) is 19.3 Å². The molecule has 25 heavy (non-hydrogen) atoms. The molecule has 0 radical (unpaired) electrons. The number of morpholine rings is 1. The molecule has 1 atom stereocenters. The van der Waals surface area contributed by atoms with Crippen molar-refractivity contribution in [2.75, 3.05) is 24.6 Å². The van der Waals surface area contributed by atoms with E-state index in [1.807, 2.05) is 40.8 Å². The smallest absolute Gasteiger partial charge is 0.178 e. The Hall–Kier alpha value is -2.48. The molecule has 0 spiro atoms. The second-order valence-corrected chi connectivity index (χ2v) is 7.20. The number of hydrogen-bond donors (Lipinski definition) is 0. The molecule has 2 fully saturated rings. The fraction of sp³-hybridized carbons (Fsp3) is 0.529. The van der Waals surface area contributed by atoms with E-state index in [-0.39, 0.29) is 0 Å². The predicted octanol–water partition coefficient (Wildman–Crippen LogP) is 1.49. The standard InChI is InChI=1S/C17H21N7O/c1-17(13-9-18-22(2)10-13)11-23(7-8-25-17)15-6-5-14-19-20-16(12-3-4-12)24(14)21-15/h5-6,9-10,12H,3-4,7-8,11H2,1-2H3. The van der Waals surface area contributed by atoms with Crippen LogP contribution in [0.4, 0.5) is 5.82 Å². The summed E-state index contributed by atoms with van der Waals surface area (Å²) in [6.07, 6.45) is 6.27. The van der Waals surface area contributed by atoms with E-state index in [0.717, 1.165) is 35.9 Å². The summed E-state index contributed by atoms with van der Waals surface area (Å²) in [5, 5.41) is 17.7. The Morgan fingerprint density at radius 2 is 2.12 bits per heavy atom. The summed E-state index contributed by atoms with van der Waals surface area (Å²) in [7, 11) is 1.92. The van der Waals surface area contributed by atoms with Crippen LogP contribution in [0.2, 0.25) is 0 Å². The summed E-state index contributed by atoms with van der Waals surface area (Å²) < 4.78 is 9.83. The van der Waals surface area contributed by atoms with Crippen molar-refractivity contribution in [2.45, 2.75) is 31.3 Å². The molecule has 8 nitrogen and oxygen atoms in total. The third-order valence-corrected chi connectivity index (χ3v) is 5.13. The summed E-state index contributed by atoms with van der Waals surface area (Å²) in [4.78, 5) is 2.27. The monoisotopic (exact) mass is 339 g/mol. The van der Waals surface area contributed by atoms with E-state index in [0.29, 0.717) is 12.5 Å². The van der Waals surface area contributed by atoms with Crippen LogP contribution in [-0.4, -0.2) is 49.3 Å². The third kappa shape index (κ3) is 2.48. The zero-order chi connectivity index (χ0) is 17.0. The molecule has 2 aliphatic rings. The number of rotatable bonds is 3. The molecule has 8 heteroatoms. The van der Waals surface area contributed by atoms with Gasteiger partial charge in [-0.05, 0) is 31.9 Å². The molecule has 0 amide bonds. The summed E-state index contributed by atoms with van der Waals surface area (Å²) in [6.45, 7) is 4.32. The van der Waals surface area contributed by atoms with E-state index in [4.69, 9.17) is 9.84 Å². The molecule has 5 rings (SSSR count). The summed E-state index contributed by atoms with van der Waals surface area (Å²) in [6, 6.07) is 4.02. The van der Waals surface area contributed by atoms with Crippen LogP contribution in [0, 0.1) is 0 Å². The van der Waals surface area contributed by atoms with E-state index in [1.165, 1.54) is 12.8 Å². The van der Waals surface area contributed by atoms with Crippen molar-refractivity contribution in [3.63, 3.8) is 0 Å². The first-order valence-corrected chi connectivity index (χ1v) is 8.73. The van der Waals surface area contributed by atoms with Crippen molar-refractivity contribution in [3.05, 3.63) is 35.9 Å². The van der Waals surface area contributed by atoms with E-state index in [1.54, 1.807) is 0 Å². The second kappa shape index (κ2) is 5.26. The van der Waals surface area contributed by atoms with Gasteiger partial charge in [0.15, 0.2) is 11.5 Å². The van der Waals surface area contributed by atoms with E-state index < -0.39 is 5.60 Å². The number of aromatic nitrogens is 6. The van der Waals surface area contributed by atoms with Gasteiger partial charge in [-0.3, -0.25) is 4.68 Å². The van der Waals surface area contributed by atoms with Gasteiger partial charge in [-0.2, -0.15) is 9.61 Å². The highest BCUT2D eigenvalue weighted by Crippen LogP contribution is 2.39. The van der Waals surface area contributed by atoms with Crippen molar-refractivity contribution >= 4 is 11.5 Å². The van der Waals surface area contributed by atoms with Gasteiger partial charge in [0, 0.05) is 31.3 Å². The SMILES string of the molecule is Cn1cc(C2(C)CN(c3ccc4nnc(C5CC5)n4n3)CCO2)cn1. The van der Waals surface area contributed by atoms with Gasteiger partial charge in [0.2, 0.25) is 0 Å². The first-order valence-electron chi connectivity index (χ1n) is 8.73. The Labute approximate surface area is 145 Å². The topological polar surface area (TPSA) is 73.4 Å². The number of anilines is 1. The second-order valence-electron chi connectivity index (χ2n) is 7.20. The number of aryl methyl sites for hydroxylation is 1. The van der Waals surface area contributed by atoms with Crippen LogP contribution in [-0.2, 0) is 17.4 Å². The maximum Gasteiger partial charge on any atom is 0.178 e. The Balaban J connectivity index is 1.48. The minimum atomic E-state index is -0.393. The van der Waals surface area contributed by atoms with Crippen molar-refractivity contribution in [1.82, 2.24) is 29.6 Å². The quantitative estimate of drug-likeness (QED) is 0.720.